The molecule has 1 aliphatic rings. The van der Waals surface area contributed by atoms with Crippen molar-refractivity contribution in [1.29, 1.82) is 0 Å². The Labute approximate surface area is 150 Å². The van der Waals surface area contributed by atoms with Gasteiger partial charge in [-0.1, -0.05) is 6.07 Å². The first kappa shape index (κ1) is 16.6. The van der Waals surface area contributed by atoms with Crippen LogP contribution >= 0.6 is 0 Å². The summed E-state index contributed by atoms with van der Waals surface area (Å²) in [7, 11) is 1.99. The topological polar surface area (TPSA) is 111 Å². The van der Waals surface area contributed by atoms with E-state index in [1.807, 2.05) is 29.8 Å². The van der Waals surface area contributed by atoms with Crippen LogP contribution in [0.3, 0.4) is 0 Å². The molecule has 1 amide bonds. The van der Waals surface area contributed by atoms with Crippen LogP contribution in [0.15, 0.2) is 22.8 Å². The van der Waals surface area contributed by atoms with E-state index < -0.39 is 0 Å². The van der Waals surface area contributed by atoms with Crippen LogP contribution in [0.2, 0.25) is 0 Å². The highest BCUT2D eigenvalue weighted by Crippen LogP contribution is 2.35. The van der Waals surface area contributed by atoms with E-state index in [0.29, 0.717) is 19.0 Å². The third kappa shape index (κ3) is 3.30. The fourth-order valence-electron chi connectivity index (χ4n) is 3.38. The summed E-state index contributed by atoms with van der Waals surface area (Å²) in [6, 6.07) is 6.11. The minimum absolute atomic E-state index is 0.0240. The van der Waals surface area contributed by atoms with Crippen molar-refractivity contribution < 1.29 is 9.42 Å². The van der Waals surface area contributed by atoms with Gasteiger partial charge in [0.25, 0.3) is 0 Å². The maximum absolute atomic E-state index is 11.1. The molecule has 9 nitrogen and oxygen atoms in total. The van der Waals surface area contributed by atoms with Crippen molar-refractivity contribution in [2.45, 2.75) is 44.8 Å². The molecule has 2 aromatic heterocycles. The van der Waals surface area contributed by atoms with Crippen molar-refractivity contribution in [1.82, 2.24) is 35.7 Å². The Morgan fingerprint density at radius 1 is 1.23 bits per heavy atom. The highest BCUT2D eigenvalue weighted by molar-refractivity contribution is 5.73. The van der Waals surface area contributed by atoms with Crippen LogP contribution in [0.4, 0.5) is 0 Å². The SMILES string of the molecule is CC(=O)NC1CC(c2nnc(CNCc3ccc4nonc4c3)n2C)C1. The Morgan fingerprint density at radius 3 is 2.85 bits per heavy atom. The van der Waals surface area contributed by atoms with Crippen LogP contribution in [-0.2, 0) is 24.9 Å². The van der Waals surface area contributed by atoms with Gasteiger partial charge in [-0.05, 0) is 40.9 Å². The fourth-order valence-corrected chi connectivity index (χ4v) is 3.38. The Morgan fingerprint density at radius 2 is 2.04 bits per heavy atom. The van der Waals surface area contributed by atoms with Crippen molar-refractivity contribution in [3.8, 4) is 0 Å². The van der Waals surface area contributed by atoms with E-state index in [2.05, 4.69) is 31.1 Å². The number of amides is 1. The molecule has 0 aliphatic heterocycles. The number of nitrogens with one attached hydrogen (secondary N) is 2. The average molecular weight is 355 g/mol. The lowest BCUT2D eigenvalue weighted by atomic mass is 9.79. The smallest absolute Gasteiger partial charge is 0.217 e. The Balaban J connectivity index is 1.31. The molecule has 4 rings (SSSR count). The second-order valence-electron chi connectivity index (χ2n) is 6.79. The number of benzene rings is 1. The molecule has 3 aromatic rings. The summed E-state index contributed by atoms with van der Waals surface area (Å²) in [5.74, 6) is 2.27. The van der Waals surface area contributed by atoms with Gasteiger partial charge in [0.15, 0.2) is 0 Å². The predicted molar refractivity (Wildman–Crippen MR) is 92.9 cm³/mol. The Kier molecular flexibility index (Phi) is 4.37. The van der Waals surface area contributed by atoms with E-state index in [0.717, 1.165) is 41.1 Å². The van der Waals surface area contributed by atoms with Gasteiger partial charge in [-0.15, -0.1) is 10.2 Å². The summed E-state index contributed by atoms with van der Waals surface area (Å²) in [5.41, 5.74) is 2.61. The zero-order chi connectivity index (χ0) is 18.1. The van der Waals surface area contributed by atoms with Crippen molar-refractivity contribution in [2.75, 3.05) is 0 Å². The van der Waals surface area contributed by atoms with Gasteiger partial charge in [-0.2, -0.15) is 0 Å². The van der Waals surface area contributed by atoms with Gasteiger partial charge in [-0.25, -0.2) is 4.63 Å². The predicted octanol–water partition coefficient (Wildman–Crippen LogP) is 1.02. The molecule has 1 aromatic carbocycles. The maximum Gasteiger partial charge on any atom is 0.217 e. The van der Waals surface area contributed by atoms with Crippen molar-refractivity contribution in [3.05, 3.63) is 35.4 Å². The van der Waals surface area contributed by atoms with Crippen LogP contribution in [0.1, 0.15) is 42.9 Å². The van der Waals surface area contributed by atoms with Crippen molar-refractivity contribution >= 4 is 16.9 Å². The second-order valence-corrected chi connectivity index (χ2v) is 6.79. The molecule has 0 unspecified atom stereocenters. The molecule has 0 atom stereocenters. The van der Waals surface area contributed by atoms with Crippen molar-refractivity contribution in [3.63, 3.8) is 0 Å². The minimum Gasteiger partial charge on any atom is -0.354 e. The molecule has 2 N–H and O–H groups in total. The van der Waals surface area contributed by atoms with Gasteiger partial charge >= 0.3 is 0 Å². The number of aromatic nitrogens is 5. The number of carbonyl (C=O) groups excluding carboxylic acids is 1. The number of carbonyl (C=O) groups is 1. The number of hydrogen-bond acceptors (Lipinski definition) is 7. The molecular formula is C17H21N7O2. The van der Waals surface area contributed by atoms with E-state index in [1.165, 1.54) is 0 Å². The van der Waals surface area contributed by atoms with Crippen LogP contribution in [0.25, 0.3) is 11.0 Å². The Bertz CT molecular complexity index is 926. The minimum atomic E-state index is 0.0240. The summed E-state index contributed by atoms with van der Waals surface area (Å²) in [6.07, 6.45) is 1.84. The normalized spacial score (nSPS) is 19.5. The van der Waals surface area contributed by atoms with E-state index in [-0.39, 0.29) is 11.9 Å². The lowest BCUT2D eigenvalue weighted by molar-refractivity contribution is -0.120. The molecule has 9 heteroatoms. The summed E-state index contributed by atoms with van der Waals surface area (Å²) >= 11 is 0. The first-order chi connectivity index (χ1) is 12.6. The summed E-state index contributed by atoms with van der Waals surface area (Å²) in [5, 5.41) is 22.6. The molecule has 0 radical (unpaired) electrons. The monoisotopic (exact) mass is 355 g/mol. The van der Waals surface area contributed by atoms with E-state index >= 15 is 0 Å². The van der Waals surface area contributed by atoms with Crippen LogP contribution in [0.5, 0.6) is 0 Å². The van der Waals surface area contributed by atoms with Gasteiger partial charge in [0.1, 0.15) is 22.7 Å². The molecule has 136 valence electrons. The van der Waals surface area contributed by atoms with Gasteiger partial charge in [-0.3, -0.25) is 4.79 Å². The molecule has 1 saturated carbocycles. The van der Waals surface area contributed by atoms with Crippen LogP contribution in [-0.4, -0.2) is 37.0 Å². The largest absolute Gasteiger partial charge is 0.354 e. The molecule has 26 heavy (non-hydrogen) atoms. The van der Waals surface area contributed by atoms with E-state index in [1.54, 1.807) is 6.92 Å². The molecule has 1 aliphatic carbocycles. The summed E-state index contributed by atoms with van der Waals surface area (Å²) in [4.78, 5) is 11.1. The van der Waals surface area contributed by atoms with Gasteiger partial charge < -0.3 is 15.2 Å². The lowest BCUT2D eigenvalue weighted by Gasteiger charge is -2.34. The third-order valence-electron chi connectivity index (χ3n) is 4.84. The summed E-state index contributed by atoms with van der Waals surface area (Å²) < 4.78 is 6.76. The fraction of sp³-hybridized carbons (Fsp3) is 0.471. The number of nitrogens with zero attached hydrogens (tertiary/aromatic N) is 5. The highest BCUT2D eigenvalue weighted by atomic mass is 16.6. The molecule has 0 saturated heterocycles. The average Bonchev–Trinajstić information content (AvgIpc) is 3.17. The zero-order valence-corrected chi connectivity index (χ0v) is 14.8. The molecule has 0 spiro atoms. The third-order valence-corrected chi connectivity index (χ3v) is 4.84. The molecular weight excluding hydrogens is 334 g/mol. The van der Waals surface area contributed by atoms with Crippen molar-refractivity contribution in [2.24, 2.45) is 7.05 Å². The van der Waals surface area contributed by atoms with E-state index in [4.69, 9.17) is 4.63 Å². The lowest BCUT2D eigenvalue weighted by Crippen LogP contribution is -2.43. The number of fused-ring (bicyclic) bond motifs is 1. The van der Waals surface area contributed by atoms with Gasteiger partial charge in [0.05, 0.1) is 6.54 Å². The first-order valence-corrected chi connectivity index (χ1v) is 8.67. The maximum atomic E-state index is 11.1. The second kappa shape index (κ2) is 6.83. The van der Waals surface area contributed by atoms with Crippen LogP contribution < -0.4 is 10.6 Å². The zero-order valence-electron chi connectivity index (χ0n) is 14.8. The van der Waals surface area contributed by atoms with Gasteiger partial charge in [0, 0.05) is 32.5 Å². The molecule has 2 heterocycles. The van der Waals surface area contributed by atoms with Gasteiger partial charge in [0.2, 0.25) is 5.91 Å². The van der Waals surface area contributed by atoms with E-state index in [9.17, 15) is 4.79 Å². The summed E-state index contributed by atoms with van der Waals surface area (Å²) in [6.45, 7) is 2.87. The van der Waals surface area contributed by atoms with Crippen LogP contribution in [0, 0.1) is 0 Å². The quantitative estimate of drug-likeness (QED) is 0.679. The molecule has 0 bridgehead atoms. The standard InChI is InChI=1S/C17H21N7O2/c1-10(25)19-13-6-12(7-13)17-21-20-16(24(17)2)9-18-8-11-3-4-14-15(5-11)23-26-22-14/h3-5,12-13,18H,6-9H2,1-2H3,(H,19,25). The number of hydrogen-bond donors (Lipinski definition) is 2. The number of rotatable bonds is 6. The first-order valence-electron chi connectivity index (χ1n) is 8.67. The highest BCUT2D eigenvalue weighted by Gasteiger charge is 2.34. The molecule has 1 fully saturated rings. The Hall–Kier alpha value is -2.81.